The van der Waals surface area contributed by atoms with Crippen molar-refractivity contribution < 1.29 is 18.9 Å². The topological polar surface area (TPSA) is 36.9 Å². The summed E-state index contributed by atoms with van der Waals surface area (Å²) in [6.07, 6.45) is 23.0. The van der Waals surface area contributed by atoms with E-state index in [1.807, 2.05) is 6.08 Å². The number of hydrogen-bond acceptors (Lipinski definition) is 4. The molecule has 0 aromatic heterocycles. The lowest BCUT2D eigenvalue weighted by atomic mass is 10.1. The van der Waals surface area contributed by atoms with Gasteiger partial charge in [0.05, 0.1) is 12.9 Å². The Kier molecular flexibility index (Phi) is 25.9. The van der Waals surface area contributed by atoms with Gasteiger partial charge in [0, 0.05) is 19.6 Å². The van der Waals surface area contributed by atoms with Gasteiger partial charge in [-0.15, -0.1) is 0 Å². The second-order valence-electron chi connectivity index (χ2n) is 8.20. The van der Waals surface area contributed by atoms with Crippen LogP contribution in [0.25, 0.3) is 0 Å². The Morgan fingerprint density at radius 3 is 1.70 bits per heavy atom. The molecular formula is C26H52O4. The molecule has 0 aliphatic heterocycles. The van der Waals surface area contributed by atoms with Crippen LogP contribution in [0.3, 0.4) is 0 Å². The molecule has 0 aromatic carbocycles. The molecular weight excluding hydrogens is 376 g/mol. The molecule has 4 nitrogen and oxygen atoms in total. The van der Waals surface area contributed by atoms with E-state index in [1.165, 1.54) is 70.6 Å². The molecule has 0 aliphatic rings. The highest BCUT2D eigenvalue weighted by atomic mass is 16.7. The lowest BCUT2D eigenvalue weighted by Gasteiger charge is -2.18. The molecule has 0 N–H and O–H groups in total. The molecule has 0 fully saturated rings. The summed E-state index contributed by atoms with van der Waals surface area (Å²) in [6.45, 7) is 9.45. The molecule has 0 saturated heterocycles. The van der Waals surface area contributed by atoms with Crippen molar-refractivity contribution in [3.05, 3.63) is 12.3 Å². The zero-order valence-electron chi connectivity index (χ0n) is 20.5. The monoisotopic (exact) mass is 428 g/mol. The van der Waals surface area contributed by atoms with Crippen molar-refractivity contribution in [1.82, 2.24) is 0 Å². The predicted octanol–water partition coefficient (Wildman–Crippen LogP) is 8.15. The van der Waals surface area contributed by atoms with Crippen LogP contribution in [0.1, 0.15) is 124 Å². The summed E-state index contributed by atoms with van der Waals surface area (Å²) in [5.41, 5.74) is 0. The Morgan fingerprint density at radius 2 is 1.10 bits per heavy atom. The van der Waals surface area contributed by atoms with Crippen molar-refractivity contribution >= 4 is 0 Å². The van der Waals surface area contributed by atoms with E-state index in [2.05, 4.69) is 20.8 Å². The van der Waals surface area contributed by atoms with Crippen LogP contribution in [0, 0.1) is 0 Å². The molecule has 0 amide bonds. The number of allylic oxidation sites excluding steroid dienone is 1. The molecule has 0 rings (SSSR count). The van der Waals surface area contributed by atoms with Crippen molar-refractivity contribution in [2.45, 2.75) is 130 Å². The molecule has 0 saturated carbocycles. The second kappa shape index (κ2) is 26.5. The summed E-state index contributed by atoms with van der Waals surface area (Å²) < 4.78 is 22.9. The summed E-state index contributed by atoms with van der Waals surface area (Å²) >= 11 is 0. The first-order chi connectivity index (χ1) is 14.8. The standard InChI is InChI=1S/C26H52O4/c1-4-7-10-13-14-16-21-27-25-28-22-19-15-20-26(29-23-17-11-8-5-2)30-24-18-12-9-6-3/h19,22,26H,4-18,20-21,23-25H2,1-3H3. The molecule has 180 valence electrons. The summed E-state index contributed by atoms with van der Waals surface area (Å²) in [5.74, 6) is 0. The third kappa shape index (κ3) is 23.7. The van der Waals surface area contributed by atoms with E-state index in [4.69, 9.17) is 18.9 Å². The number of unbranched alkanes of at least 4 members (excludes halogenated alkanes) is 11. The minimum atomic E-state index is -0.0955. The van der Waals surface area contributed by atoms with Gasteiger partial charge in [-0.05, 0) is 31.8 Å². The second-order valence-corrected chi connectivity index (χ2v) is 8.20. The van der Waals surface area contributed by atoms with Gasteiger partial charge in [0.2, 0.25) is 0 Å². The highest BCUT2D eigenvalue weighted by Gasteiger charge is 2.08. The van der Waals surface area contributed by atoms with E-state index in [0.717, 1.165) is 51.9 Å². The van der Waals surface area contributed by atoms with Gasteiger partial charge in [-0.2, -0.15) is 0 Å². The van der Waals surface area contributed by atoms with Gasteiger partial charge in [-0.25, -0.2) is 0 Å². The molecule has 0 radical (unpaired) electrons. The van der Waals surface area contributed by atoms with E-state index in [9.17, 15) is 0 Å². The Morgan fingerprint density at radius 1 is 0.600 bits per heavy atom. The molecule has 0 aliphatic carbocycles. The lowest BCUT2D eigenvalue weighted by molar-refractivity contribution is -0.146. The first-order valence-electron chi connectivity index (χ1n) is 12.9. The molecule has 30 heavy (non-hydrogen) atoms. The summed E-state index contributed by atoms with van der Waals surface area (Å²) in [7, 11) is 0. The maximum atomic E-state index is 5.98. The highest BCUT2D eigenvalue weighted by Crippen LogP contribution is 2.10. The molecule has 0 unspecified atom stereocenters. The van der Waals surface area contributed by atoms with E-state index >= 15 is 0 Å². The summed E-state index contributed by atoms with van der Waals surface area (Å²) in [4.78, 5) is 0. The highest BCUT2D eigenvalue weighted by molar-refractivity contribution is 4.73. The van der Waals surface area contributed by atoms with Crippen LogP contribution >= 0.6 is 0 Å². The Labute approximate surface area is 188 Å². The van der Waals surface area contributed by atoms with Crippen LogP contribution in [0.5, 0.6) is 0 Å². The quantitative estimate of drug-likeness (QED) is 0.0835. The van der Waals surface area contributed by atoms with Crippen LogP contribution in [-0.2, 0) is 18.9 Å². The minimum Gasteiger partial charge on any atom is -0.475 e. The van der Waals surface area contributed by atoms with Gasteiger partial charge in [-0.1, -0.05) is 91.4 Å². The first-order valence-corrected chi connectivity index (χ1v) is 12.9. The Bertz CT molecular complexity index is 319. The molecule has 0 atom stereocenters. The summed E-state index contributed by atoms with van der Waals surface area (Å²) in [5, 5.41) is 0. The first kappa shape index (κ1) is 29.4. The Hall–Kier alpha value is -0.580. The fourth-order valence-corrected chi connectivity index (χ4v) is 3.20. The maximum absolute atomic E-state index is 5.98. The van der Waals surface area contributed by atoms with Gasteiger partial charge in [0.1, 0.15) is 0 Å². The van der Waals surface area contributed by atoms with Crippen LogP contribution in [0.4, 0.5) is 0 Å². The number of ether oxygens (including phenoxy) is 4. The normalized spacial score (nSPS) is 11.7. The number of rotatable bonds is 25. The fourth-order valence-electron chi connectivity index (χ4n) is 3.20. The molecule has 0 aromatic rings. The lowest BCUT2D eigenvalue weighted by Crippen LogP contribution is -2.18. The van der Waals surface area contributed by atoms with Crippen molar-refractivity contribution in [3.8, 4) is 0 Å². The van der Waals surface area contributed by atoms with Crippen LogP contribution in [0.15, 0.2) is 12.3 Å². The Balaban J connectivity index is 3.73. The maximum Gasteiger partial charge on any atom is 0.188 e. The van der Waals surface area contributed by atoms with Gasteiger partial charge >= 0.3 is 0 Å². The smallest absolute Gasteiger partial charge is 0.188 e. The van der Waals surface area contributed by atoms with Crippen molar-refractivity contribution in [1.29, 1.82) is 0 Å². The van der Waals surface area contributed by atoms with E-state index in [1.54, 1.807) is 6.26 Å². The largest absolute Gasteiger partial charge is 0.475 e. The van der Waals surface area contributed by atoms with Crippen LogP contribution in [0.2, 0.25) is 0 Å². The zero-order chi connectivity index (χ0) is 22.0. The van der Waals surface area contributed by atoms with Gasteiger partial charge < -0.3 is 18.9 Å². The number of hydrogen-bond donors (Lipinski definition) is 0. The molecule has 0 heterocycles. The third-order valence-electron chi connectivity index (χ3n) is 5.16. The predicted molar refractivity (Wildman–Crippen MR) is 128 cm³/mol. The fraction of sp³-hybridized carbons (Fsp3) is 0.923. The average Bonchev–Trinajstić information content (AvgIpc) is 2.76. The molecule has 0 spiro atoms. The van der Waals surface area contributed by atoms with Crippen LogP contribution < -0.4 is 0 Å². The van der Waals surface area contributed by atoms with E-state index in [0.29, 0.717) is 6.79 Å². The molecule has 4 heteroatoms. The SMILES string of the molecule is CCCCCCCCOCOC=CCCC(OCCCCCC)OCCCCCC. The summed E-state index contributed by atoms with van der Waals surface area (Å²) in [6, 6.07) is 0. The van der Waals surface area contributed by atoms with Crippen LogP contribution in [-0.4, -0.2) is 32.9 Å². The van der Waals surface area contributed by atoms with E-state index < -0.39 is 0 Å². The van der Waals surface area contributed by atoms with Crippen molar-refractivity contribution in [2.75, 3.05) is 26.6 Å². The molecule has 0 bridgehead atoms. The van der Waals surface area contributed by atoms with Gasteiger partial charge in [0.15, 0.2) is 13.1 Å². The third-order valence-corrected chi connectivity index (χ3v) is 5.16. The van der Waals surface area contributed by atoms with Gasteiger partial charge in [0.25, 0.3) is 0 Å². The van der Waals surface area contributed by atoms with Crippen molar-refractivity contribution in [3.63, 3.8) is 0 Å². The van der Waals surface area contributed by atoms with Crippen molar-refractivity contribution in [2.24, 2.45) is 0 Å². The minimum absolute atomic E-state index is 0.0955. The average molecular weight is 429 g/mol. The van der Waals surface area contributed by atoms with Gasteiger partial charge in [-0.3, -0.25) is 0 Å². The zero-order valence-corrected chi connectivity index (χ0v) is 20.5. The van der Waals surface area contributed by atoms with E-state index in [-0.39, 0.29) is 6.29 Å².